The molecule has 0 bridgehead atoms. The lowest BCUT2D eigenvalue weighted by Gasteiger charge is -2.18. The number of non-ortho nitro benzene ring substituents is 1. The normalized spacial score (nSPS) is 11.0. The van der Waals surface area contributed by atoms with E-state index in [2.05, 4.69) is 0 Å². The van der Waals surface area contributed by atoms with Gasteiger partial charge in [-0.15, -0.1) is 0 Å². The van der Waals surface area contributed by atoms with Crippen LogP contribution in [0.2, 0.25) is 0 Å². The van der Waals surface area contributed by atoms with Gasteiger partial charge in [0.2, 0.25) is 0 Å². The van der Waals surface area contributed by atoms with Gasteiger partial charge >= 0.3 is 0 Å². The van der Waals surface area contributed by atoms with E-state index < -0.39 is 4.92 Å². The van der Waals surface area contributed by atoms with E-state index in [4.69, 9.17) is 9.40 Å². The smallest absolute Gasteiger partial charge is 0.269 e. The van der Waals surface area contributed by atoms with Crippen molar-refractivity contribution in [2.24, 2.45) is 0 Å². The molecule has 0 unspecified atom stereocenters. The standard InChI is InChI=1S/C21H17N3O4S/c1-13-5-6-14(2)19-18(13)22-21(29-19)23(12-17-4-3-11-28-17)20(25)15-7-9-16(10-8-15)24(26)27/h3-11H,12H2,1-2H3. The van der Waals surface area contributed by atoms with Crippen molar-refractivity contribution in [3.05, 3.63) is 87.4 Å². The number of hydrogen-bond donors (Lipinski definition) is 0. The largest absolute Gasteiger partial charge is 0.467 e. The van der Waals surface area contributed by atoms with Crippen molar-refractivity contribution in [3.8, 4) is 0 Å². The Hall–Kier alpha value is -3.52. The van der Waals surface area contributed by atoms with Gasteiger partial charge in [0.15, 0.2) is 5.13 Å². The van der Waals surface area contributed by atoms with Crippen molar-refractivity contribution in [1.29, 1.82) is 0 Å². The van der Waals surface area contributed by atoms with E-state index in [1.807, 2.05) is 26.0 Å². The lowest BCUT2D eigenvalue weighted by molar-refractivity contribution is -0.384. The molecule has 0 aliphatic heterocycles. The number of benzene rings is 2. The Kier molecular flexibility index (Phi) is 4.85. The number of hydrogen-bond acceptors (Lipinski definition) is 6. The quantitative estimate of drug-likeness (QED) is 0.332. The van der Waals surface area contributed by atoms with Gasteiger partial charge < -0.3 is 4.42 Å². The summed E-state index contributed by atoms with van der Waals surface area (Å²) in [6, 6.07) is 13.2. The third kappa shape index (κ3) is 3.62. The number of anilines is 1. The van der Waals surface area contributed by atoms with E-state index in [1.54, 1.807) is 23.3 Å². The number of nitro groups is 1. The monoisotopic (exact) mass is 407 g/mol. The first-order chi connectivity index (χ1) is 13.9. The third-order valence-corrected chi connectivity index (χ3v) is 5.84. The van der Waals surface area contributed by atoms with Crippen LogP contribution in [-0.4, -0.2) is 15.8 Å². The molecule has 0 radical (unpaired) electrons. The Morgan fingerprint density at radius 3 is 2.48 bits per heavy atom. The van der Waals surface area contributed by atoms with E-state index >= 15 is 0 Å². The molecule has 2 heterocycles. The van der Waals surface area contributed by atoms with E-state index in [9.17, 15) is 14.9 Å². The van der Waals surface area contributed by atoms with Crippen molar-refractivity contribution in [1.82, 2.24) is 4.98 Å². The molecule has 146 valence electrons. The zero-order valence-corrected chi connectivity index (χ0v) is 16.6. The van der Waals surface area contributed by atoms with Crippen LogP contribution in [0.3, 0.4) is 0 Å². The number of nitrogens with zero attached hydrogens (tertiary/aromatic N) is 3. The highest BCUT2D eigenvalue weighted by molar-refractivity contribution is 7.22. The van der Waals surface area contributed by atoms with Crippen LogP contribution in [0.25, 0.3) is 10.2 Å². The van der Waals surface area contributed by atoms with Gasteiger partial charge in [-0.3, -0.25) is 19.8 Å². The van der Waals surface area contributed by atoms with Gasteiger partial charge in [0, 0.05) is 17.7 Å². The summed E-state index contributed by atoms with van der Waals surface area (Å²) in [5.41, 5.74) is 3.27. The molecule has 4 rings (SSSR count). The Morgan fingerprint density at radius 2 is 1.86 bits per heavy atom. The number of fused-ring (bicyclic) bond motifs is 1. The number of nitro benzene ring substituents is 1. The van der Waals surface area contributed by atoms with Crippen LogP contribution in [0.15, 0.2) is 59.2 Å². The molecule has 8 heteroatoms. The number of rotatable bonds is 5. The van der Waals surface area contributed by atoms with Crippen LogP contribution < -0.4 is 4.90 Å². The molecular weight excluding hydrogens is 390 g/mol. The molecule has 0 saturated carbocycles. The third-order valence-electron chi connectivity index (χ3n) is 4.63. The maximum atomic E-state index is 13.3. The highest BCUT2D eigenvalue weighted by atomic mass is 32.1. The molecular formula is C21H17N3O4S. The highest BCUT2D eigenvalue weighted by Crippen LogP contribution is 2.34. The molecule has 0 N–H and O–H groups in total. The second kappa shape index (κ2) is 7.48. The number of thiazole rings is 1. The first-order valence-electron chi connectivity index (χ1n) is 8.89. The molecule has 0 aliphatic rings. The topological polar surface area (TPSA) is 89.5 Å². The molecule has 2 aromatic carbocycles. The summed E-state index contributed by atoms with van der Waals surface area (Å²) in [6.45, 7) is 4.21. The van der Waals surface area contributed by atoms with Crippen LogP contribution >= 0.6 is 11.3 Å². The highest BCUT2D eigenvalue weighted by Gasteiger charge is 2.24. The average molecular weight is 407 g/mol. The Morgan fingerprint density at radius 1 is 1.14 bits per heavy atom. The molecule has 0 atom stereocenters. The molecule has 0 aliphatic carbocycles. The zero-order chi connectivity index (χ0) is 20.5. The minimum Gasteiger partial charge on any atom is -0.467 e. The molecule has 0 fully saturated rings. The van der Waals surface area contributed by atoms with Gasteiger partial charge in [-0.2, -0.15) is 0 Å². The van der Waals surface area contributed by atoms with E-state index in [-0.39, 0.29) is 18.1 Å². The van der Waals surface area contributed by atoms with Crippen molar-refractivity contribution in [3.63, 3.8) is 0 Å². The van der Waals surface area contributed by atoms with Gasteiger partial charge in [0.05, 0.1) is 27.9 Å². The van der Waals surface area contributed by atoms with E-state index in [1.165, 1.54) is 35.6 Å². The molecule has 4 aromatic rings. The summed E-state index contributed by atoms with van der Waals surface area (Å²) in [5, 5.41) is 11.5. The molecule has 7 nitrogen and oxygen atoms in total. The lowest BCUT2D eigenvalue weighted by atomic mass is 10.1. The van der Waals surface area contributed by atoms with Crippen LogP contribution in [-0.2, 0) is 6.54 Å². The fraction of sp³-hybridized carbons (Fsp3) is 0.143. The summed E-state index contributed by atoms with van der Waals surface area (Å²) in [7, 11) is 0. The molecule has 29 heavy (non-hydrogen) atoms. The van der Waals surface area contributed by atoms with Crippen LogP contribution in [0.4, 0.5) is 10.8 Å². The Balaban J connectivity index is 1.77. The van der Waals surface area contributed by atoms with E-state index in [0.717, 1.165) is 21.3 Å². The van der Waals surface area contributed by atoms with E-state index in [0.29, 0.717) is 16.5 Å². The van der Waals surface area contributed by atoms with Crippen LogP contribution in [0, 0.1) is 24.0 Å². The van der Waals surface area contributed by atoms with Crippen LogP contribution in [0.1, 0.15) is 27.2 Å². The Labute approximate surface area is 170 Å². The average Bonchev–Trinajstić information content (AvgIpc) is 3.39. The van der Waals surface area contributed by atoms with Gasteiger partial charge in [-0.25, -0.2) is 4.98 Å². The van der Waals surface area contributed by atoms with Gasteiger partial charge in [-0.1, -0.05) is 23.5 Å². The lowest BCUT2D eigenvalue weighted by Crippen LogP contribution is -2.30. The first kappa shape index (κ1) is 18.8. The summed E-state index contributed by atoms with van der Waals surface area (Å²) >= 11 is 1.44. The molecule has 0 saturated heterocycles. The van der Waals surface area contributed by atoms with Gasteiger partial charge in [0.25, 0.3) is 11.6 Å². The van der Waals surface area contributed by atoms with Gasteiger partial charge in [-0.05, 0) is 49.2 Å². The van der Waals surface area contributed by atoms with Gasteiger partial charge in [0.1, 0.15) is 5.76 Å². The first-order valence-corrected chi connectivity index (χ1v) is 9.71. The van der Waals surface area contributed by atoms with Crippen LogP contribution in [0.5, 0.6) is 0 Å². The minimum absolute atomic E-state index is 0.0645. The predicted molar refractivity (Wildman–Crippen MR) is 111 cm³/mol. The molecule has 2 aromatic heterocycles. The summed E-state index contributed by atoms with van der Waals surface area (Å²) < 4.78 is 6.47. The number of carbonyl (C=O) groups is 1. The fourth-order valence-corrected chi connectivity index (χ4v) is 4.14. The van der Waals surface area contributed by atoms with Crippen molar-refractivity contribution < 1.29 is 14.1 Å². The summed E-state index contributed by atoms with van der Waals surface area (Å²) in [5.74, 6) is 0.318. The number of amides is 1. The molecule has 0 spiro atoms. The maximum Gasteiger partial charge on any atom is 0.269 e. The number of aryl methyl sites for hydroxylation is 2. The second-order valence-corrected chi connectivity index (χ2v) is 7.63. The Bertz CT molecular complexity index is 1160. The molecule has 1 amide bonds. The summed E-state index contributed by atoms with van der Waals surface area (Å²) in [6.07, 6.45) is 1.55. The number of aromatic nitrogens is 1. The predicted octanol–water partition coefficient (Wildman–Crippen LogP) is 5.26. The SMILES string of the molecule is Cc1ccc(C)c2sc(N(Cc3ccco3)C(=O)c3ccc([N+](=O)[O-])cc3)nc12. The fourth-order valence-electron chi connectivity index (χ4n) is 3.03. The minimum atomic E-state index is -0.492. The van der Waals surface area contributed by atoms with Crippen molar-refractivity contribution >= 4 is 38.3 Å². The summed E-state index contributed by atoms with van der Waals surface area (Å²) in [4.78, 5) is 30.0. The maximum absolute atomic E-state index is 13.3. The second-order valence-electron chi connectivity index (χ2n) is 6.65. The number of carbonyl (C=O) groups excluding carboxylic acids is 1. The van der Waals surface area contributed by atoms with Crippen molar-refractivity contribution in [2.45, 2.75) is 20.4 Å². The van der Waals surface area contributed by atoms with Crippen molar-refractivity contribution in [2.75, 3.05) is 4.90 Å². The zero-order valence-electron chi connectivity index (χ0n) is 15.8. The number of furan rings is 1.